The molecule has 4 aromatic rings. The molecule has 194 valence electrons. The Labute approximate surface area is 227 Å². The van der Waals surface area contributed by atoms with Crippen molar-refractivity contribution < 1.29 is 9.59 Å². The standard InChI is InChI=1S/C30H31N5O2S/c1-21-13-15-25(16-14-21)32-29(37)33-30-31-22(2)27(38-30)28(36)35-19-17-34(18-20-35)26(23-9-5-3-6-10-23)24-11-7-4-8-12-24/h3-16,26H,17-20H2,1-2H3,(H2,31,32,33,37). The van der Waals surface area contributed by atoms with Crippen molar-refractivity contribution in [3.8, 4) is 0 Å². The van der Waals surface area contributed by atoms with Crippen molar-refractivity contribution in [2.45, 2.75) is 19.9 Å². The van der Waals surface area contributed by atoms with Gasteiger partial charge in [-0.15, -0.1) is 0 Å². The number of nitrogens with one attached hydrogen (secondary N) is 2. The molecule has 1 fully saturated rings. The van der Waals surface area contributed by atoms with Gasteiger partial charge in [0.15, 0.2) is 5.13 Å². The molecule has 8 heteroatoms. The minimum Gasteiger partial charge on any atom is -0.335 e. The van der Waals surface area contributed by atoms with Gasteiger partial charge in [-0.1, -0.05) is 89.7 Å². The number of carbonyl (C=O) groups is 2. The van der Waals surface area contributed by atoms with Crippen LogP contribution in [0.4, 0.5) is 15.6 Å². The first-order chi connectivity index (χ1) is 18.5. The summed E-state index contributed by atoms with van der Waals surface area (Å²) < 4.78 is 0. The lowest BCUT2D eigenvalue weighted by Gasteiger charge is -2.39. The Morgan fingerprint density at radius 1 is 0.789 bits per heavy atom. The number of amides is 3. The van der Waals surface area contributed by atoms with E-state index < -0.39 is 0 Å². The molecule has 1 aliphatic heterocycles. The van der Waals surface area contributed by atoms with Gasteiger partial charge in [0.1, 0.15) is 4.88 Å². The fraction of sp³-hybridized carbons (Fsp3) is 0.233. The zero-order chi connectivity index (χ0) is 26.5. The molecular weight excluding hydrogens is 494 g/mol. The first-order valence-electron chi connectivity index (χ1n) is 12.7. The molecule has 0 unspecified atom stereocenters. The molecule has 1 aliphatic rings. The molecule has 2 heterocycles. The van der Waals surface area contributed by atoms with Crippen molar-refractivity contribution in [2.24, 2.45) is 0 Å². The van der Waals surface area contributed by atoms with Crippen molar-refractivity contribution in [1.82, 2.24) is 14.8 Å². The number of benzene rings is 3. The van der Waals surface area contributed by atoms with Gasteiger partial charge in [0.25, 0.3) is 5.91 Å². The van der Waals surface area contributed by atoms with Crippen molar-refractivity contribution in [3.63, 3.8) is 0 Å². The number of thiazole rings is 1. The molecule has 1 aromatic heterocycles. The molecule has 0 atom stereocenters. The highest BCUT2D eigenvalue weighted by Gasteiger charge is 2.30. The topological polar surface area (TPSA) is 77.6 Å². The predicted octanol–water partition coefficient (Wildman–Crippen LogP) is 5.95. The van der Waals surface area contributed by atoms with Gasteiger partial charge in [0.2, 0.25) is 0 Å². The lowest BCUT2D eigenvalue weighted by atomic mass is 9.96. The maximum absolute atomic E-state index is 13.4. The smallest absolute Gasteiger partial charge is 0.325 e. The first-order valence-corrected chi connectivity index (χ1v) is 13.5. The van der Waals surface area contributed by atoms with Gasteiger partial charge in [-0.2, -0.15) is 0 Å². The van der Waals surface area contributed by atoms with Crippen LogP contribution in [0.2, 0.25) is 0 Å². The van der Waals surface area contributed by atoms with E-state index in [0.29, 0.717) is 34.5 Å². The fourth-order valence-electron chi connectivity index (χ4n) is 4.76. The van der Waals surface area contributed by atoms with E-state index in [4.69, 9.17) is 0 Å². The second-order valence-electron chi connectivity index (χ2n) is 9.43. The normalized spacial score (nSPS) is 13.9. The van der Waals surface area contributed by atoms with Gasteiger partial charge < -0.3 is 10.2 Å². The SMILES string of the molecule is Cc1ccc(NC(=O)Nc2nc(C)c(C(=O)N3CCN(C(c4ccccc4)c4ccccc4)CC3)s2)cc1. The molecule has 5 rings (SSSR count). The summed E-state index contributed by atoms with van der Waals surface area (Å²) in [6.07, 6.45) is 0. The summed E-state index contributed by atoms with van der Waals surface area (Å²) in [4.78, 5) is 35.2. The van der Waals surface area contributed by atoms with E-state index in [9.17, 15) is 9.59 Å². The van der Waals surface area contributed by atoms with Crippen LogP contribution in [-0.4, -0.2) is 52.9 Å². The molecule has 3 aromatic carbocycles. The van der Waals surface area contributed by atoms with Gasteiger partial charge >= 0.3 is 6.03 Å². The van der Waals surface area contributed by atoms with Gasteiger partial charge in [-0.25, -0.2) is 9.78 Å². The monoisotopic (exact) mass is 525 g/mol. The third kappa shape index (κ3) is 5.93. The number of aromatic nitrogens is 1. The second kappa shape index (κ2) is 11.6. The molecule has 2 N–H and O–H groups in total. The maximum Gasteiger partial charge on any atom is 0.325 e. The quantitative estimate of drug-likeness (QED) is 0.326. The summed E-state index contributed by atoms with van der Waals surface area (Å²) in [6.45, 7) is 6.59. The van der Waals surface area contributed by atoms with E-state index in [0.717, 1.165) is 18.7 Å². The van der Waals surface area contributed by atoms with Crippen molar-refractivity contribution in [2.75, 3.05) is 36.8 Å². The number of hydrogen-bond donors (Lipinski definition) is 2. The Morgan fingerprint density at radius 2 is 1.37 bits per heavy atom. The number of anilines is 2. The Hall–Kier alpha value is -4.01. The molecule has 38 heavy (non-hydrogen) atoms. The van der Waals surface area contributed by atoms with Gasteiger partial charge in [0, 0.05) is 31.9 Å². The van der Waals surface area contributed by atoms with E-state index in [1.54, 1.807) is 0 Å². The van der Waals surface area contributed by atoms with Gasteiger partial charge in [-0.05, 0) is 37.1 Å². The lowest BCUT2D eigenvalue weighted by molar-refractivity contribution is 0.0601. The summed E-state index contributed by atoms with van der Waals surface area (Å²) in [5, 5.41) is 5.96. The Balaban J connectivity index is 1.23. The molecule has 7 nitrogen and oxygen atoms in total. The number of piperazine rings is 1. The molecule has 3 amide bonds. The lowest BCUT2D eigenvalue weighted by Crippen LogP contribution is -2.49. The van der Waals surface area contributed by atoms with Crippen LogP contribution in [0, 0.1) is 13.8 Å². The zero-order valence-electron chi connectivity index (χ0n) is 21.6. The van der Waals surface area contributed by atoms with Crippen LogP contribution in [0.1, 0.15) is 38.1 Å². The van der Waals surface area contributed by atoms with E-state index in [2.05, 4.69) is 69.0 Å². The van der Waals surface area contributed by atoms with Crippen LogP contribution in [0.15, 0.2) is 84.9 Å². The summed E-state index contributed by atoms with van der Waals surface area (Å²) in [5.74, 6) is -0.0392. The number of rotatable bonds is 6. The zero-order valence-corrected chi connectivity index (χ0v) is 22.4. The predicted molar refractivity (Wildman–Crippen MR) is 153 cm³/mol. The first kappa shape index (κ1) is 25.6. The van der Waals surface area contributed by atoms with Crippen molar-refractivity contribution in [3.05, 3.63) is 112 Å². The third-order valence-corrected chi connectivity index (χ3v) is 7.78. The molecular formula is C30H31N5O2S. The number of nitrogens with zero attached hydrogens (tertiary/aromatic N) is 3. The van der Waals surface area contributed by atoms with E-state index >= 15 is 0 Å². The summed E-state index contributed by atoms with van der Waals surface area (Å²) in [6, 6.07) is 28.3. The van der Waals surface area contributed by atoms with Gasteiger partial charge in [0.05, 0.1) is 11.7 Å². The number of hydrogen-bond acceptors (Lipinski definition) is 5. The Bertz CT molecular complexity index is 1340. The molecule has 0 saturated carbocycles. The molecule has 0 bridgehead atoms. The summed E-state index contributed by atoms with van der Waals surface area (Å²) >= 11 is 1.22. The maximum atomic E-state index is 13.4. The van der Waals surface area contributed by atoms with Crippen LogP contribution in [0.3, 0.4) is 0 Å². The average Bonchev–Trinajstić information content (AvgIpc) is 3.30. The van der Waals surface area contributed by atoms with Crippen LogP contribution < -0.4 is 10.6 Å². The van der Waals surface area contributed by atoms with E-state index in [1.165, 1.54) is 22.5 Å². The highest BCUT2D eigenvalue weighted by molar-refractivity contribution is 7.17. The largest absolute Gasteiger partial charge is 0.335 e. The van der Waals surface area contributed by atoms with Gasteiger partial charge in [-0.3, -0.25) is 15.0 Å². The highest BCUT2D eigenvalue weighted by atomic mass is 32.1. The molecule has 1 saturated heterocycles. The van der Waals surface area contributed by atoms with Crippen LogP contribution in [0.25, 0.3) is 0 Å². The van der Waals surface area contributed by atoms with Crippen LogP contribution >= 0.6 is 11.3 Å². The van der Waals surface area contributed by atoms with Crippen LogP contribution in [-0.2, 0) is 0 Å². The molecule has 0 radical (unpaired) electrons. The number of urea groups is 1. The number of aryl methyl sites for hydroxylation is 2. The van der Waals surface area contributed by atoms with Crippen molar-refractivity contribution >= 4 is 34.1 Å². The van der Waals surface area contributed by atoms with E-state index in [1.807, 2.05) is 55.1 Å². The second-order valence-corrected chi connectivity index (χ2v) is 10.4. The highest BCUT2D eigenvalue weighted by Crippen LogP contribution is 2.30. The van der Waals surface area contributed by atoms with Crippen molar-refractivity contribution in [1.29, 1.82) is 0 Å². The minimum atomic E-state index is -0.386. The Morgan fingerprint density at radius 3 is 1.95 bits per heavy atom. The number of carbonyl (C=O) groups excluding carboxylic acids is 2. The van der Waals surface area contributed by atoms with E-state index in [-0.39, 0.29) is 18.0 Å². The molecule has 0 spiro atoms. The van der Waals surface area contributed by atoms with Crippen LogP contribution in [0.5, 0.6) is 0 Å². The minimum absolute atomic E-state index is 0.0392. The average molecular weight is 526 g/mol. The molecule has 0 aliphatic carbocycles. The summed E-state index contributed by atoms with van der Waals surface area (Å²) in [5.41, 5.74) is 4.93. The summed E-state index contributed by atoms with van der Waals surface area (Å²) in [7, 11) is 0. The third-order valence-electron chi connectivity index (χ3n) is 6.72. The Kier molecular flexibility index (Phi) is 7.81. The fourth-order valence-corrected chi connectivity index (χ4v) is 5.69.